The first-order valence-electron chi connectivity index (χ1n) is 13.7. The molecule has 2 amide bonds. The number of carbonyl (C=O) groups excluding carboxylic acids is 2. The molecule has 10 heteroatoms. The van der Waals surface area contributed by atoms with Gasteiger partial charge in [-0.3, -0.25) is 24.6 Å². The lowest BCUT2D eigenvalue weighted by atomic mass is 9.96. The Kier molecular flexibility index (Phi) is 8.24. The molecular weight excluding hydrogens is 536 g/mol. The highest BCUT2D eigenvalue weighted by Gasteiger charge is 2.38. The van der Waals surface area contributed by atoms with Crippen LogP contribution < -0.4 is 14.4 Å². The number of ether oxygens (including phenoxy) is 2. The Morgan fingerprint density at radius 2 is 1.69 bits per heavy atom. The van der Waals surface area contributed by atoms with Crippen LogP contribution in [0.15, 0.2) is 85.1 Å². The summed E-state index contributed by atoms with van der Waals surface area (Å²) in [5, 5.41) is 11.1. The van der Waals surface area contributed by atoms with E-state index in [9.17, 15) is 19.7 Å². The SMILES string of the molecule is CCCCN(CC(=O)N1c2ccccc2-n2cccc2C1c1cc(OC)ccc1OC)C(=O)c1ccc([N+](=O)[O-])cc1. The number of methoxy groups -OCH3 is 2. The van der Waals surface area contributed by atoms with Gasteiger partial charge in [0.15, 0.2) is 0 Å². The second-order valence-corrected chi connectivity index (χ2v) is 9.95. The predicted octanol–water partition coefficient (Wildman–Crippen LogP) is 5.78. The average molecular weight is 569 g/mol. The molecule has 0 saturated heterocycles. The van der Waals surface area contributed by atoms with E-state index < -0.39 is 11.0 Å². The van der Waals surface area contributed by atoms with Crippen molar-refractivity contribution in [3.05, 3.63) is 112 Å². The molecule has 216 valence electrons. The molecule has 1 aliphatic rings. The summed E-state index contributed by atoms with van der Waals surface area (Å²) in [4.78, 5) is 41.9. The van der Waals surface area contributed by atoms with Crippen LogP contribution in [-0.2, 0) is 4.79 Å². The van der Waals surface area contributed by atoms with Gasteiger partial charge in [0.2, 0.25) is 5.91 Å². The molecular formula is C32H32N4O6. The van der Waals surface area contributed by atoms with Gasteiger partial charge in [0.25, 0.3) is 11.6 Å². The molecule has 42 heavy (non-hydrogen) atoms. The van der Waals surface area contributed by atoms with E-state index in [1.165, 1.54) is 29.2 Å². The molecule has 3 aromatic carbocycles. The number of non-ortho nitro benzene ring substituents is 1. The number of anilines is 1. The number of benzene rings is 3. The van der Waals surface area contributed by atoms with Crippen LogP contribution in [0.4, 0.5) is 11.4 Å². The Labute approximate surface area is 243 Å². The van der Waals surface area contributed by atoms with Crippen LogP contribution in [0.3, 0.4) is 0 Å². The van der Waals surface area contributed by atoms with Crippen molar-refractivity contribution in [2.24, 2.45) is 0 Å². The third-order valence-corrected chi connectivity index (χ3v) is 7.44. The second-order valence-electron chi connectivity index (χ2n) is 9.95. The van der Waals surface area contributed by atoms with Crippen molar-refractivity contribution in [2.45, 2.75) is 25.8 Å². The Morgan fingerprint density at radius 3 is 2.36 bits per heavy atom. The van der Waals surface area contributed by atoms with Crippen LogP contribution in [0.1, 0.15) is 47.4 Å². The lowest BCUT2D eigenvalue weighted by Crippen LogP contribution is -2.47. The molecule has 0 radical (unpaired) electrons. The van der Waals surface area contributed by atoms with Gasteiger partial charge >= 0.3 is 0 Å². The van der Waals surface area contributed by atoms with Crippen molar-refractivity contribution in [1.29, 1.82) is 0 Å². The third kappa shape index (κ3) is 5.30. The van der Waals surface area contributed by atoms with E-state index in [1.54, 1.807) is 25.2 Å². The molecule has 1 atom stereocenters. The van der Waals surface area contributed by atoms with E-state index in [0.29, 0.717) is 30.2 Å². The van der Waals surface area contributed by atoms with Gasteiger partial charge < -0.3 is 18.9 Å². The lowest BCUT2D eigenvalue weighted by Gasteiger charge is -2.40. The summed E-state index contributed by atoms with van der Waals surface area (Å²) in [5.41, 5.74) is 3.30. The van der Waals surface area contributed by atoms with E-state index in [4.69, 9.17) is 9.47 Å². The zero-order valence-electron chi connectivity index (χ0n) is 23.7. The molecule has 10 nitrogen and oxygen atoms in total. The topological polar surface area (TPSA) is 107 Å². The van der Waals surface area contributed by atoms with E-state index >= 15 is 0 Å². The molecule has 1 aromatic heterocycles. The minimum absolute atomic E-state index is 0.106. The predicted molar refractivity (Wildman–Crippen MR) is 159 cm³/mol. The number of nitro benzene ring substituents is 1. The first kappa shape index (κ1) is 28.4. The van der Waals surface area contributed by atoms with Crippen LogP contribution in [-0.4, -0.2) is 53.5 Å². The molecule has 4 aromatic rings. The first-order valence-corrected chi connectivity index (χ1v) is 13.7. The molecule has 0 bridgehead atoms. The summed E-state index contributed by atoms with van der Waals surface area (Å²) in [5.74, 6) is 0.565. The summed E-state index contributed by atoms with van der Waals surface area (Å²) < 4.78 is 13.3. The van der Waals surface area contributed by atoms with Crippen molar-refractivity contribution in [1.82, 2.24) is 9.47 Å². The van der Waals surface area contributed by atoms with E-state index in [0.717, 1.165) is 23.4 Å². The van der Waals surface area contributed by atoms with Crippen LogP contribution in [0.25, 0.3) is 5.69 Å². The fourth-order valence-electron chi connectivity index (χ4n) is 5.36. The highest BCUT2D eigenvalue weighted by Crippen LogP contribution is 2.45. The minimum atomic E-state index is -0.574. The van der Waals surface area contributed by atoms with Crippen molar-refractivity contribution in [2.75, 3.05) is 32.2 Å². The fraction of sp³-hybridized carbons (Fsp3) is 0.250. The van der Waals surface area contributed by atoms with Crippen LogP contribution in [0.5, 0.6) is 11.5 Å². The maximum atomic E-state index is 14.4. The zero-order valence-corrected chi connectivity index (χ0v) is 23.7. The van der Waals surface area contributed by atoms with E-state index in [1.807, 2.05) is 61.7 Å². The van der Waals surface area contributed by atoms with Crippen LogP contribution >= 0.6 is 0 Å². The summed E-state index contributed by atoms with van der Waals surface area (Å²) in [6.07, 6.45) is 3.47. The number of fused-ring (bicyclic) bond motifs is 3. The Morgan fingerprint density at radius 1 is 0.952 bits per heavy atom. The Bertz CT molecular complexity index is 1610. The molecule has 0 spiro atoms. The average Bonchev–Trinajstić information content (AvgIpc) is 3.52. The lowest BCUT2D eigenvalue weighted by molar-refractivity contribution is -0.384. The maximum Gasteiger partial charge on any atom is 0.269 e. The van der Waals surface area contributed by atoms with E-state index in [2.05, 4.69) is 4.57 Å². The van der Waals surface area contributed by atoms with Gasteiger partial charge in [-0.1, -0.05) is 25.5 Å². The number of hydrogen-bond acceptors (Lipinski definition) is 6. The number of para-hydroxylation sites is 2. The quantitative estimate of drug-likeness (QED) is 0.177. The maximum absolute atomic E-state index is 14.4. The van der Waals surface area contributed by atoms with Crippen molar-refractivity contribution >= 4 is 23.2 Å². The fourth-order valence-corrected chi connectivity index (χ4v) is 5.36. The van der Waals surface area contributed by atoms with Crippen molar-refractivity contribution in [3.63, 3.8) is 0 Å². The minimum Gasteiger partial charge on any atom is -0.497 e. The van der Waals surface area contributed by atoms with Crippen LogP contribution in [0.2, 0.25) is 0 Å². The summed E-state index contributed by atoms with van der Waals surface area (Å²) >= 11 is 0. The number of carbonyl (C=O) groups is 2. The van der Waals surface area contributed by atoms with Gasteiger partial charge in [-0.25, -0.2) is 0 Å². The van der Waals surface area contributed by atoms with Crippen molar-refractivity contribution in [3.8, 4) is 17.2 Å². The van der Waals surface area contributed by atoms with Gasteiger partial charge in [0.05, 0.1) is 36.2 Å². The monoisotopic (exact) mass is 568 g/mol. The number of nitro groups is 1. The standard InChI is InChI=1S/C32H32N4O6/c1-4-5-18-33(32(38)22-12-14-23(15-13-22)36(39)40)21-30(37)35-27-10-7-6-9-26(27)34-19-8-11-28(34)31(35)25-20-24(41-2)16-17-29(25)42-3/h6-17,19-20,31H,4-5,18,21H2,1-3H3. The summed E-state index contributed by atoms with van der Waals surface area (Å²) in [6.45, 7) is 2.18. The first-order chi connectivity index (χ1) is 20.4. The normalized spacial score (nSPS) is 13.6. The number of hydrogen-bond donors (Lipinski definition) is 0. The smallest absolute Gasteiger partial charge is 0.269 e. The molecule has 0 saturated carbocycles. The number of rotatable bonds is 10. The van der Waals surface area contributed by atoms with Gasteiger partial charge in [0.1, 0.15) is 24.1 Å². The Hall–Kier alpha value is -5.12. The van der Waals surface area contributed by atoms with Gasteiger partial charge in [0, 0.05) is 36.0 Å². The molecule has 0 N–H and O–H groups in total. The molecule has 2 heterocycles. The number of unbranched alkanes of at least 4 members (excludes halogenated alkanes) is 1. The number of aromatic nitrogens is 1. The molecule has 5 rings (SSSR count). The highest BCUT2D eigenvalue weighted by atomic mass is 16.6. The van der Waals surface area contributed by atoms with Gasteiger partial charge in [-0.05, 0) is 61.0 Å². The van der Waals surface area contributed by atoms with Gasteiger partial charge in [-0.15, -0.1) is 0 Å². The van der Waals surface area contributed by atoms with E-state index in [-0.39, 0.29) is 29.6 Å². The molecule has 1 aliphatic heterocycles. The van der Waals surface area contributed by atoms with Gasteiger partial charge in [-0.2, -0.15) is 0 Å². The zero-order chi connectivity index (χ0) is 29.8. The molecule has 1 unspecified atom stereocenters. The third-order valence-electron chi connectivity index (χ3n) is 7.44. The largest absolute Gasteiger partial charge is 0.497 e. The number of amides is 2. The second kappa shape index (κ2) is 12.2. The highest BCUT2D eigenvalue weighted by molar-refractivity contribution is 6.02. The van der Waals surface area contributed by atoms with Crippen molar-refractivity contribution < 1.29 is 24.0 Å². The Balaban J connectivity index is 1.58. The summed E-state index contributed by atoms with van der Waals surface area (Å²) in [7, 11) is 3.17. The summed E-state index contributed by atoms with van der Waals surface area (Å²) in [6, 6.07) is 21.9. The van der Waals surface area contributed by atoms with Crippen LogP contribution in [0, 0.1) is 10.1 Å². The number of nitrogens with zero attached hydrogens (tertiary/aromatic N) is 4. The molecule has 0 fully saturated rings. The molecule has 0 aliphatic carbocycles.